The molecule has 24 heavy (non-hydrogen) atoms. The van der Waals surface area contributed by atoms with E-state index < -0.39 is 0 Å². The predicted octanol–water partition coefficient (Wildman–Crippen LogP) is 4.65. The van der Waals surface area contributed by atoms with Gasteiger partial charge in [0.15, 0.2) is 0 Å². The Bertz CT molecular complexity index is 897. The lowest BCUT2D eigenvalue weighted by molar-refractivity contribution is 0.256. The molecule has 0 spiro atoms. The smallest absolute Gasteiger partial charge is 0.326 e. The van der Waals surface area contributed by atoms with Gasteiger partial charge < -0.3 is 9.88 Å². The zero-order valence-corrected chi connectivity index (χ0v) is 13.8. The van der Waals surface area contributed by atoms with Crippen molar-refractivity contribution in [1.82, 2.24) is 4.57 Å². The van der Waals surface area contributed by atoms with E-state index >= 15 is 0 Å². The Kier molecular flexibility index (Phi) is 3.73. The van der Waals surface area contributed by atoms with Crippen LogP contribution in [0.15, 0.2) is 54.7 Å². The van der Waals surface area contributed by atoms with Gasteiger partial charge >= 0.3 is 6.03 Å². The van der Waals surface area contributed by atoms with Crippen LogP contribution in [0.5, 0.6) is 0 Å². The van der Waals surface area contributed by atoms with Crippen LogP contribution in [0.3, 0.4) is 0 Å². The lowest BCUT2D eigenvalue weighted by Crippen LogP contribution is -2.38. The third-order valence-corrected chi connectivity index (χ3v) is 4.73. The van der Waals surface area contributed by atoms with Crippen LogP contribution >= 0.6 is 0 Å². The summed E-state index contributed by atoms with van der Waals surface area (Å²) in [5.74, 6) is 0. The number of anilines is 2. The highest BCUT2D eigenvalue weighted by atomic mass is 16.2. The molecule has 1 aromatic heterocycles. The first kappa shape index (κ1) is 14.8. The van der Waals surface area contributed by atoms with Crippen LogP contribution in [0.4, 0.5) is 16.2 Å². The van der Waals surface area contributed by atoms with Crippen molar-refractivity contribution in [2.45, 2.75) is 26.3 Å². The van der Waals surface area contributed by atoms with Crippen molar-refractivity contribution in [3.05, 3.63) is 60.3 Å². The first-order chi connectivity index (χ1) is 11.8. The summed E-state index contributed by atoms with van der Waals surface area (Å²) < 4.78 is 2.16. The number of benzene rings is 2. The lowest BCUT2D eigenvalue weighted by Gasteiger charge is -2.29. The summed E-state index contributed by atoms with van der Waals surface area (Å²) in [6.07, 6.45) is 4.06. The molecule has 3 aromatic rings. The molecule has 1 aliphatic heterocycles. The van der Waals surface area contributed by atoms with Gasteiger partial charge in [-0.05, 0) is 37.5 Å². The number of para-hydroxylation sites is 2. The zero-order chi connectivity index (χ0) is 16.5. The molecule has 0 bridgehead atoms. The van der Waals surface area contributed by atoms with Crippen LogP contribution in [-0.2, 0) is 13.0 Å². The Morgan fingerprint density at radius 1 is 1.12 bits per heavy atom. The normalized spacial score (nSPS) is 13.8. The lowest BCUT2D eigenvalue weighted by atomic mass is 10.0. The van der Waals surface area contributed by atoms with Crippen molar-refractivity contribution in [3.8, 4) is 0 Å². The minimum atomic E-state index is -0.0545. The second kappa shape index (κ2) is 6.04. The first-order valence-corrected chi connectivity index (χ1v) is 8.52. The Morgan fingerprint density at radius 2 is 1.92 bits per heavy atom. The number of hydrogen-bond acceptors (Lipinski definition) is 1. The molecule has 1 aliphatic rings. The molecule has 0 unspecified atom stereocenters. The molecule has 4 nitrogen and oxygen atoms in total. The second-order valence-corrected chi connectivity index (χ2v) is 6.16. The Balaban J connectivity index is 1.66. The molecule has 2 aromatic carbocycles. The van der Waals surface area contributed by atoms with Crippen molar-refractivity contribution in [1.29, 1.82) is 0 Å². The molecule has 0 radical (unpaired) electrons. The minimum absolute atomic E-state index is 0.0545. The minimum Gasteiger partial charge on any atom is -0.346 e. The first-order valence-electron chi connectivity index (χ1n) is 8.52. The highest BCUT2D eigenvalue weighted by Crippen LogP contribution is 2.29. The molecule has 0 fully saturated rings. The van der Waals surface area contributed by atoms with Crippen molar-refractivity contribution >= 4 is 28.3 Å². The average Bonchev–Trinajstić information content (AvgIpc) is 2.99. The van der Waals surface area contributed by atoms with Crippen LogP contribution in [0, 0.1) is 0 Å². The van der Waals surface area contributed by atoms with E-state index in [0.29, 0.717) is 0 Å². The van der Waals surface area contributed by atoms with Gasteiger partial charge in [-0.1, -0.05) is 36.4 Å². The molecule has 1 N–H and O–H groups in total. The van der Waals surface area contributed by atoms with E-state index in [9.17, 15) is 4.79 Å². The molecule has 122 valence electrons. The van der Waals surface area contributed by atoms with Crippen molar-refractivity contribution in [2.24, 2.45) is 0 Å². The summed E-state index contributed by atoms with van der Waals surface area (Å²) in [7, 11) is 0. The van der Waals surface area contributed by atoms with Crippen molar-refractivity contribution < 1.29 is 4.79 Å². The Morgan fingerprint density at radius 3 is 2.79 bits per heavy atom. The van der Waals surface area contributed by atoms with Gasteiger partial charge in [-0.25, -0.2) is 4.79 Å². The summed E-state index contributed by atoms with van der Waals surface area (Å²) in [6, 6.07) is 16.3. The van der Waals surface area contributed by atoms with E-state index in [4.69, 9.17) is 0 Å². The molecule has 4 heteroatoms. The number of carbonyl (C=O) groups excluding carboxylic acids is 1. The zero-order valence-electron chi connectivity index (χ0n) is 13.8. The van der Waals surface area contributed by atoms with Crippen LogP contribution in [0.25, 0.3) is 10.9 Å². The third kappa shape index (κ3) is 2.44. The molecule has 0 saturated heterocycles. The fraction of sp³-hybridized carbons (Fsp3) is 0.250. The molecule has 0 saturated carbocycles. The summed E-state index contributed by atoms with van der Waals surface area (Å²) in [6.45, 7) is 3.75. The van der Waals surface area contributed by atoms with Gasteiger partial charge in [0, 0.05) is 30.4 Å². The third-order valence-electron chi connectivity index (χ3n) is 4.73. The topological polar surface area (TPSA) is 37.3 Å². The number of nitrogens with zero attached hydrogens (tertiary/aromatic N) is 2. The number of nitrogens with one attached hydrogen (secondary N) is 1. The maximum Gasteiger partial charge on any atom is 0.326 e. The number of hydrogen-bond donors (Lipinski definition) is 1. The maximum absolute atomic E-state index is 12.9. The van der Waals surface area contributed by atoms with E-state index in [0.717, 1.165) is 48.2 Å². The van der Waals surface area contributed by atoms with Gasteiger partial charge in [-0.15, -0.1) is 0 Å². The summed E-state index contributed by atoms with van der Waals surface area (Å²) in [5.41, 5.74) is 4.30. The largest absolute Gasteiger partial charge is 0.346 e. The summed E-state index contributed by atoms with van der Waals surface area (Å²) in [4.78, 5) is 14.7. The highest BCUT2D eigenvalue weighted by Gasteiger charge is 2.23. The predicted molar refractivity (Wildman–Crippen MR) is 98.7 cm³/mol. The standard InChI is InChI=1S/C20H21N3O/c1-2-22-14-17(16-10-4-6-12-19(16)22)21-20(24)23-13-7-9-15-8-3-5-11-18(15)23/h3-6,8,10-12,14H,2,7,9,13H2,1H3,(H,21,24). The fourth-order valence-corrected chi connectivity index (χ4v) is 3.54. The summed E-state index contributed by atoms with van der Waals surface area (Å²) >= 11 is 0. The van der Waals surface area contributed by atoms with Gasteiger partial charge in [-0.3, -0.25) is 4.90 Å². The van der Waals surface area contributed by atoms with Crippen LogP contribution in [0.2, 0.25) is 0 Å². The molecular weight excluding hydrogens is 298 g/mol. The van der Waals surface area contributed by atoms with E-state index in [1.54, 1.807) is 0 Å². The second-order valence-electron chi connectivity index (χ2n) is 6.16. The fourth-order valence-electron chi connectivity index (χ4n) is 3.54. The van der Waals surface area contributed by atoms with Crippen LogP contribution in [-0.4, -0.2) is 17.1 Å². The number of fused-ring (bicyclic) bond motifs is 2. The number of aromatic nitrogens is 1. The number of carbonyl (C=O) groups is 1. The maximum atomic E-state index is 12.9. The van der Waals surface area contributed by atoms with Crippen LogP contribution in [0.1, 0.15) is 18.9 Å². The quantitative estimate of drug-likeness (QED) is 0.733. The number of aryl methyl sites for hydroxylation is 2. The van der Waals surface area contributed by atoms with Crippen molar-refractivity contribution in [3.63, 3.8) is 0 Å². The van der Waals surface area contributed by atoms with Gasteiger partial charge in [0.1, 0.15) is 0 Å². The van der Waals surface area contributed by atoms with Gasteiger partial charge in [0.2, 0.25) is 0 Å². The highest BCUT2D eigenvalue weighted by molar-refractivity contribution is 6.07. The van der Waals surface area contributed by atoms with E-state index in [1.165, 1.54) is 5.56 Å². The molecule has 2 amide bonds. The Labute approximate surface area is 141 Å². The van der Waals surface area contributed by atoms with Gasteiger partial charge in [0.25, 0.3) is 0 Å². The monoisotopic (exact) mass is 319 g/mol. The molecule has 0 atom stereocenters. The van der Waals surface area contributed by atoms with Gasteiger partial charge in [0.05, 0.1) is 11.2 Å². The van der Waals surface area contributed by atoms with Crippen molar-refractivity contribution in [2.75, 3.05) is 16.8 Å². The number of urea groups is 1. The number of amides is 2. The van der Waals surface area contributed by atoms with E-state index in [1.807, 2.05) is 41.4 Å². The van der Waals surface area contributed by atoms with Crippen LogP contribution < -0.4 is 10.2 Å². The van der Waals surface area contributed by atoms with E-state index in [2.05, 4.69) is 35.0 Å². The van der Waals surface area contributed by atoms with Gasteiger partial charge in [-0.2, -0.15) is 0 Å². The average molecular weight is 319 g/mol. The number of rotatable bonds is 2. The molecule has 4 rings (SSSR count). The molecule has 2 heterocycles. The molecule has 0 aliphatic carbocycles. The SMILES string of the molecule is CCn1cc(NC(=O)N2CCCc3ccccc32)c2ccccc21. The summed E-state index contributed by atoms with van der Waals surface area (Å²) in [5, 5.41) is 4.20. The Hall–Kier alpha value is -2.75. The van der Waals surface area contributed by atoms with E-state index in [-0.39, 0.29) is 6.03 Å². The molecular formula is C20H21N3O.